The fourth-order valence-electron chi connectivity index (χ4n) is 2.52. The minimum absolute atomic E-state index is 0.341. The first kappa shape index (κ1) is 12.9. The molecule has 1 unspecified atom stereocenters. The summed E-state index contributed by atoms with van der Waals surface area (Å²) in [6.07, 6.45) is 1.82. The van der Waals surface area contributed by atoms with Crippen LogP contribution in [0.4, 0.5) is 0 Å². The SMILES string of the molecule is CCN1CCC(C(O)c2ccc(Cl)cc2)CC1. The molecule has 0 spiro atoms. The minimum Gasteiger partial charge on any atom is -0.388 e. The number of piperidine rings is 1. The van der Waals surface area contributed by atoms with Crippen molar-refractivity contribution in [3.8, 4) is 0 Å². The average Bonchev–Trinajstić information content (AvgIpc) is 2.39. The predicted molar refractivity (Wildman–Crippen MR) is 71.2 cm³/mol. The standard InChI is InChI=1S/C14H20ClNO/c1-2-16-9-7-12(8-10-16)14(17)11-3-5-13(15)6-4-11/h3-6,12,14,17H,2,7-10H2,1H3. The van der Waals surface area contributed by atoms with E-state index in [2.05, 4.69) is 11.8 Å². The Balaban J connectivity index is 1.96. The van der Waals surface area contributed by atoms with Crippen LogP contribution in [0.2, 0.25) is 5.02 Å². The molecule has 1 fully saturated rings. The molecule has 2 rings (SSSR count). The van der Waals surface area contributed by atoms with E-state index < -0.39 is 0 Å². The van der Waals surface area contributed by atoms with Crippen molar-refractivity contribution in [2.45, 2.75) is 25.9 Å². The van der Waals surface area contributed by atoms with Crippen LogP contribution in [0.25, 0.3) is 0 Å². The van der Waals surface area contributed by atoms with E-state index in [0.29, 0.717) is 5.92 Å². The lowest BCUT2D eigenvalue weighted by Crippen LogP contribution is -2.35. The first-order chi connectivity index (χ1) is 8.20. The number of rotatable bonds is 3. The Hall–Kier alpha value is -0.570. The maximum Gasteiger partial charge on any atom is 0.0819 e. The Morgan fingerprint density at radius 3 is 2.41 bits per heavy atom. The van der Waals surface area contributed by atoms with Crippen LogP contribution in [0.15, 0.2) is 24.3 Å². The molecule has 0 amide bonds. The number of aliphatic hydroxyl groups excluding tert-OH is 1. The highest BCUT2D eigenvalue weighted by Crippen LogP contribution is 2.31. The summed E-state index contributed by atoms with van der Waals surface area (Å²) in [5.41, 5.74) is 0.990. The third-order valence-corrected chi connectivity index (χ3v) is 3.99. The molecule has 1 N–H and O–H groups in total. The fraction of sp³-hybridized carbons (Fsp3) is 0.571. The molecule has 1 aromatic rings. The third-order valence-electron chi connectivity index (χ3n) is 3.74. The lowest BCUT2D eigenvalue weighted by atomic mass is 9.87. The second-order valence-corrected chi connectivity index (χ2v) is 5.20. The van der Waals surface area contributed by atoms with E-state index in [0.717, 1.165) is 43.1 Å². The van der Waals surface area contributed by atoms with Crippen molar-refractivity contribution in [3.05, 3.63) is 34.9 Å². The summed E-state index contributed by atoms with van der Waals surface area (Å²) in [5.74, 6) is 0.388. The highest BCUT2D eigenvalue weighted by atomic mass is 35.5. The van der Waals surface area contributed by atoms with Gasteiger partial charge in [0, 0.05) is 5.02 Å². The fourth-order valence-corrected chi connectivity index (χ4v) is 2.64. The Morgan fingerprint density at radius 1 is 1.29 bits per heavy atom. The zero-order valence-electron chi connectivity index (χ0n) is 10.3. The van der Waals surface area contributed by atoms with Crippen LogP contribution < -0.4 is 0 Å². The van der Waals surface area contributed by atoms with Crippen molar-refractivity contribution in [2.75, 3.05) is 19.6 Å². The monoisotopic (exact) mass is 253 g/mol. The van der Waals surface area contributed by atoms with E-state index in [9.17, 15) is 5.11 Å². The maximum atomic E-state index is 10.3. The predicted octanol–water partition coefficient (Wildman–Crippen LogP) is 3.11. The van der Waals surface area contributed by atoms with Gasteiger partial charge in [0.25, 0.3) is 0 Å². The lowest BCUT2D eigenvalue weighted by molar-refractivity contribution is 0.0604. The Labute approximate surface area is 108 Å². The van der Waals surface area contributed by atoms with Gasteiger partial charge < -0.3 is 10.0 Å². The molecule has 0 saturated carbocycles. The molecular formula is C14H20ClNO. The van der Waals surface area contributed by atoms with Gasteiger partial charge in [-0.25, -0.2) is 0 Å². The van der Waals surface area contributed by atoms with Crippen LogP contribution >= 0.6 is 11.6 Å². The van der Waals surface area contributed by atoms with Crippen LogP contribution in [0.5, 0.6) is 0 Å². The van der Waals surface area contributed by atoms with Crippen molar-refractivity contribution in [1.29, 1.82) is 0 Å². The van der Waals surface area contributed by atoms with Gasteiger partial charge in [0.2, 0.25) is 0 Å². The van der Waals surface area contributed by atoms with E-state index in [1.54, 1.807) is 0 Å². The van der Waals surface area contributed by atoms with Gasteiger partial charge >= 0.3 is 0 Å². The van der Waals surface area contributed by atoms with Crippen LogP contribution in [-0.4, -0.2) is 29.6 Å². The Kier molecular flexibility index (Phi) is 4.43. The quantitative estimate of drug-likeness (QED) is 0.895. The first-order valence-electron chi connectivity index (χ1n) is 6.36. The molecule has 1 aromatic carbocycles. The molecule has 1 aliphatic rings. The largest absolute Gasteiger partial charge is 0.388 e. The zero-order chi connectivity index (χ0) is 12.3. The number of halogens is 1. The van der Waals surface area contributed by atoms with Gasteiger partial charge in [-0.05, 0) is 56.1 Å². The van der Waals surface area contributed by atoms with Gasteiger partial charge in [-0.3, -0.25) is 0 Å². The molecule has 17 heavy (non-hydrogen) atoms. The summed E-state index contributed by atoms with van der Waals surface area (Å²) < 4.78 is 0. The van der Waals surface area contributed by atoms with Crippen LogP contribution in [0.3, 0.4) is 0 Å². The summed E-state index contributed by atoms with van der Waals surface area (Å²) in [5, 5.41) is 11.1. The number of hydrogen-bond acceptors (Lipinski definition) is 2. The normalized spacial score (nSPS) is 20.4. The lowest BCUT2D eigenvalue weighted by Gasteiger charge is -2.33. The molecule has 2 nitrogen and oxygen atoms in total. The highest BCUT2D eigenvalue weighted by Gasteiger charge is 2.25. The Morgan fingerprint density at radius 2 is 1.88 bits per heavy atom. The summed E-state index contributed by atoms with van der Waals surface area (Å²) in [6, 6.07) is 7.56. The molecule has 3 heteroatoms. The van der Waals surface area contributed by atoms with Crippen molar-refractivity contribution in [1.82, 2.24) is 4.90 Å². The van der Waals surface area contributed by atoms with Crippen molar-refractivity contribution < 1.29 is 5.11 Å². The summed E-state index contributed by atoms with van der Waals surface area (Å²) in [7, 11) is 0. The van der Waals surface area contributed by atoms with Crippen molar-refractivity contribution >= 4 is 11.6 Å². The van der Waals surface area contributed by atoms with E-state index in [1.165, 1.54) is 0 Å². The van der Waals surface area contributed by atoms with E-state index in [1.807, 2.05) is 24.3 Å². The van der Waals surface area contributed by atoms with Crippen LogP contribution in [0, 0.1) is 5.92 Å². The molecule has 0 aromatic heterocycles. The molecule has 0 bridgehead atoms. The van der Waals surface area contributed by atoms with Crippen molar-refractivity contribution in [3.63, 3.8) is 0 Å². The van der Waals surface area contributed by atoms with Gasteiger partial charge in [0.1, 0.15) is 0 Å². The molecule has 1 aliphatic heterocycles. The first-order valence-corrected chi connectivity index (χ1v) is 6.74. The number of benzene rings is 1. The maximum absolute atomic E-state index is 10.3. The molecule has 1 atom stereocenters. The molecular weight excluding hydrogens is 234 g/mol. The molecule has 1 heterocycles. The van der Waals surface area contributed by atoms with E-state index in [4.69, 9.17) is 11.6 Å². The average molecular weight is 254 g/mol. The smallest absolute Gasteiger partial charge is 0.0819 e. The van der Waals surface area contributed by atoms with Gasteiger partial charge in [-0.1, -0.05) is 30.7 Å². The van der Waals surface area contributed by atoms with Gasteiger partial charge in [-0.15, -0.1) is 0 Å². The van der Waals surface area contributed by atoms with Gasteiger partial charge in [0.15, 0.2) is 0 Å². The third kappa shape index (κ3) is 3.21. The number of nitrogens with zero attached hydrogens (tertiary/aromatic N) is 1. The molecule has 1 saturated heterocycles. The molecule has 94 valence electrons. The highest BCUT2D eigenvalue weighted by molar-refractivity contribution is 6.30. The van der Waals surface area contributed by atoms with Crippen LogP contribution in [-0.2, 0) is 0 Å². The van der Waals surface area contributed by atoms with Crippen LogP contribution in [0.1, 0.15) is 31.4 Å². The van der Waals surface area contributed by atoms with Gasteiger partial charge in [0.05, 0.1) is 6.10 Å². The summed E-state index contributed by atoms with van der Waals surface area (Å²) >= 11 is 5.85. The van der Waals surface area contributed by atoms with E-state index >= 15 is 0 Å². The van der Waals surface area contributed by atoms with Crippen molar-refractivity contribution in [2.24, 2.45) is 5.92 Å². The minimum atomic E-state index is -0.341. The second kappa shape index (κ2) is 5.85. The zero-order valence-corrected chi connectivity index (χ0v) is 11.0. The van der Waals surface area contributed by atoms with Gasteiger partial charge in [-0.2, -0.15) is 0 Å². The topological polar surface area (TPSA) is 23.5 Å². The number of likely N-dealkylation sites (tertiary alicyclic amines) is 1. The number of aliphatic hydroxyl groups is 1. The molecule has 0 aliphatic carbocycles. The van der Waals surface area contributed by atoms with E-state index in [-0.39, 0.29) is 6.10 Å². The number of hydrogen-bond donors (Lipinski definition) is 1. The summed E-state index contributed by atoms with van der Waals surface area (Å²) in [4.78, 5) is 2.44. The second-order valence-electron chi connectivity index (χ2n) is 4.77. The Bertz CT molecular complexity index is 344. The molecule has 0 radical (unpaired) electrons. The summed E-state index contributed by atoms with van der Waals surface area (Å²) in [6.45, 7) is 5.51.